The second-order valence-corrected chi connectivity index (χ2v) is 7.95. The van der Waals surface area contributed by atoms with Crippen LogP contribution in [0.3, 0.4) is 0 Å². The molecule has 7 nitrogen and oxygen atoms in total. The number of amides is 1. The number of ether oxygens (including phenoxy) is 2. The van der Waals surface area contributed by atoms with Crippen molar-refractivity contribution in [1.82, 2.24) is 10.8 Å². The molecule has 4 N–H and O–H groups in total. The maximum absolute atomic E-state index is 14.5. The highest BCUT2D eigenvalue weighted by atomic mass is 19.2. The van der Waals surface area contributed by atoms with Gasteiger partial charge in [-0.15, -0.1) is 0 Å². The van der Waals surface area contributed by atoms with Crippen LogP contribution in [-0.2, 0) is 6.61 Å². The quantitative estimate of drug-likeness (QED) is 0.203. The average Bonchev–Trinajstić information content (AvgIpc) is 2.84. The molecule has 0 atom stereocenters. The van der Waals surface area contributed by atoms with E-state index in [1.54, 1.807) is 24.3 Å². The van der Waals surface area contributed by atoms with Crippen molar-refractivity contribution in [3.05, 3.63) is 58.9 Å². The molecule has 0 spiro atoms. The van der Waals surface area contributed by atoms with E-state index in [-0.39, 0.29) is 30.8 Å². The van der Waals surface area contributed by atoms with Gasteiger partial charge in [-0.05, 0) is 55.4 Å². The summed E-state index contributed by atoms with van der Waals surface area (Å²) in [5.74, 6) is -5.37. The second-order valence-electron chi connectivity index (χ2n) is 7.95. The number of amidine groups is 1. The number of benzene rings is 2. The van der Waals surface area contributed by atoms with Crippen molar-refractivity contribution in [2.75, 3.05) is 13.7 Å². The topological polar surface area (TPSA) is 104 Å². The summed E-state index contributed by atoms with van der Waals surface area (Å²) in [5, 5.41) is 18.9. The third kappa shape index (κ3) is 5.95. The first-order valence-electron chi connectivity index (χ1n) is 10.5. The van der Waals surface area contributed by atoms with Gasteiger partial charge in [-0.1, -0.05) is 12.1 Å². The SMILES string of the molecule is COc1ccc(COc2c(F)cc(C(=O)NC[C@H]3CC[C@H](C(=N)NO)CC3)c(F)c2F)cc1. The molecule has 0 saturated heterocycles. The molecule has 10 heteroatoms. The highest BCUT2D eigenvalue weighted by Crippen LogP contribution is 2.30. The minimum Gasteiger partial charge on any atom is -0.497 e. The van der Waals surface area contributed by atoms with E-state index in [4.69, 9.17) is 20.1 Å². The number of carbonyl (C=O) groups is 1. The molecule has 0 unspecified atom stereocenters. The normalized spacial score (nSPS) is 17.8. The van der Waals surface area contributed by atoms with Crippen LogP contribution in [0.15, 0.2) is 30.3 Å². The van der Waals surface area contributed by atoms with Crippen molar-refractivity contribution in [3.8, 4) is 11.5 Å². The van der Waals surface area contributed by atoms with Gasteiger partial charge in [0.2, 0.25) is 5.82 Å². The molecular weight excluding hydrogens is 439 g/mol. The molecule has 0 radical (unpaired) electrons. The van der Waals surface area contributed by atoms with Gasteiger partial charge in [0, 0.05) is 12.5 Å². The molecular formula is C23H26F3N3O4. The lowest BCUT2D eigenvalue weighted by atomic mass is 9.81. The molecule has 0 aromatic heterocycles. The van der Waals surface area contributed by atoms with Crippen molar-refractivity contribution >= 4 is 11.7 Å². The minimum absolute atomic E-state index is 0.0554. The number of hydrogen-bond donors (Lipinski definition) is 4. The second kappa shape index (κ2) is 11.0. The Balaban J connectivity index is 1.59. The molecule has 0 heterocycles. The number of halogens is 3. The van der Waals surface area contributed by atoms with E-state index in [1.807, 2.05) is 5.48 Å². The van der Waals surface area contributed by atoms with E-state index in [0.29, 0.717) is 43.1 Å². The fourth-order valence-corrected chi connectivity index (χ4v) is 3.83. The molecule has 2 aromatic carbocycles. The summed E-state index contributed by atoms with van der Waals surface area (Å²) in [6.07, 6.45) is 2.70. The smallest absolute Gasteiger partial charge is 0.254 e. The zero-order chi connectivity index (χ0) is 24.0. The number of methoxy groups -OCH3 is 1. The van der Waals surface area contributed by atoms with Gasteiger partial charge in [0.25, 0.3) is 5.91 Å². The van der Waals surface area contributed by atoms with Gasteiger partial charge in [-0.2, -0.15) is 4.39 Å². The van der Waals surface area contributed by atoms with Crippen LogP contribution < -0.4 is 20.3 Å². The largest absolute Gasteiger partial charge is 0.497 e. The van der Waals surface area contributed by atoms with E-state index < -0.39 is 34.7 Å². The lowest BCUT2D eigenvalue weighted by molar-refractivity contribution is 0.0936. The summed E-state index contributed by atoms with van der Waals surface area (Å²) >= 11 is 0. The van der Waals surface area contributed by atoms with Crippen LogP contribution >= 0.6 is 0 Å². The Labute approximate surface area is 189 Å². The molecule has 33 heavy (non-hydrogen) atoms. The van der Waals surface area contributed by atoms with Crippen LogP contribution in [0, 0.1) is 34.7 Å². The van der Waals surface area contributed by atoms with Gasteiger partial charge in [0.15, 0.2) is 17.4 Å². The van der Waals surface area contributed by atoms with Crippen LogP contribution in [0.25, 0.3) is 0 Å². The number of rotatable bonds is 8. The van der Waals surface area contributed by atoms with Gasteiger partial charge >= 0.3 is 0 Å². The van der Waals surface area contributed by atoms with Crippen molar-refractivity contribution < 1.29 is 32.6 Å². The van der Waals surface area contributed by atoms with Crippen LogP contribution in [0.1, 0.15) is 41.6 Å². The third-order valence-electron chi connectivity index (χ3n) is 5.83. The Morgan fingerprint density at radius 2 is 1.79 bits per heavy atom. The summed E-state index contributed by atoms with van der Waals surface area (Å²) in [4.78, 5) is 12.4. The minimum atomic E-state index is -1.57. The Hall–Kier alpha value is -3.27. The van der Waals surface area contributed by atoms with Crippen LogP contribution in [-0.4, -0.2) is 30.6 Å². The molecule has 1 fully saturated rings. The zero-order valence-corrected chi connectivity index (χ0v) is 18.1. The summed E-state index contributed by atoms with van der Waals surface area (Å²) in [6.45, 7) is 0.0125. The Bertz CT molecular complexity index is 993. The molecule has 1 aliphatic carbocycles. The molecule has 178 valence electrons. The first-order chi connectivity index (χ1) is 15.8. The number of nitrogens with one attached hydrogen (secondary N) is 3. The first kappa shape index (κ1) is 24.4. The van der Waals surface area contributed by atoms with E-state index in [9.17, 15) is 18.0 Å². The van der Waals surface area contributed by atoms with Crippen LogP contribution in [0.5, 0.6) is 11.5 Å². The lowest BCUT2D eigenvalue weighted by Gasteiger charge is -2.28. The number of carbonyl (C=O) groups excluding carboxylic acids is 1. The number of hydrogen-bond acceptors (Lipinski definition) is 5. The van der Waals surface area contributed by atoms with E-state index >= 15 is 0 Å². The van der Waals surface area contributed by atoms with Gasteiger partial charge in [0.1, 0.15) is 18.2 Å². The maximum atomic E-state index is 14.5. The predicted octanol–water partition coefficient (Wildman–Crippen LogP) is 4.18. The van der Waals surface area contributed by atoms with Crippen molar-refractivity contribution in [2.45, 2.75) is 32.3 Å². The molecule has 0 bridgehead atoms. The fraction of sp³-hybridized carbons (Fsp3) is 0.391. The summed E-state index contributed by atoms with van der Waals surface area (Å²) in [7, 11) is 1.50. The Kier molecular flexibility index (Phi) is 8.16. The standard InChI is InChI=1S/C23H26F3N3O4/c1-32-16-8-4-14(5-9-16)12-33-21-18(24)10-17(19(25)20(21)26)23(30)28-11-13-2-6-15(7-3-13)22(27)29-31/h4-5,8-10,13,15,31H,2-3,6-7,11-12H2,1H3,(H2,27,29)(H,28,30)/t13-,15-. The highest BCUT2D eigenvalue weighted by molar-refractivity contribution is 5.94. The average molecular weight is 465 g/mol. The van der Waals surface area contributed by atoms with Gasteiger partial charge in [-0.3, -0.25) is 20.9 Å². The fourth-order valence-electron chi connectivity index (χ4n) is 3.83. The van der Waals surface area contributed by atoms with E-state index in [1.165, 1.54) is 7.11 Å². The van der Waals surface area contributed by atoms with Gasteiger partial charge in [0.05, 0.1) is 12.7 Å². The summed E-state index contributed by atoms with van der Waals surface area (Å²) < 4.78 is 53.6. The molecule has 1 saturated carbocycles. The zero-order valence-electron chi connectivity index (χ0n) is 18.1. The highest BCUT2D eigenvalue weighted by Gasteiger charge is 2.27. The molecule has 0 aliphatic heterocycles. The Morgan fingerprint density at radius 1 is 1.12 bits per heavy atom. The monoisotopic (exact) mass is 465 g/mol. The first-order valence-corrected chi connectivity index (χ1v) is 10.5. The van der Waals surface area contributed by atoms with Crippen molar-refractivity contribution in [2.24, 2.45) is 11.8 Å². The van der Waals surface area contributed by atoms with Crippen LogP contribution in [0.2, 0.25) is 0 Å². The number of hydroxylamine groups is 1. The lowest BCUT2D eigenvalue weighted by Crippen LogP contribution is -2.35. The predicted molar refractivity (Wildman–Crippen MR) is 114 cm³/mol. The molecule has 3 rings (SSSR count). The van der Waals surface area contributed by atoms with Crippen molar-refractivity contribution in [1.29, 1.82) is 5.41 Å². The van der Waals surface area contributed by atoms with Gasteiger partial charge in [-0.25, -0.2) is 8.78 Å². The molecule has 1 aliphatic rings. The van der Waals surface area contributed by atoms with Crippen LogP contribution in [0.4, 0.5) is 13.2 Å². The van der Waals surface area contributed by atoms with E-state index in [2.05, 4.69) is 5.32 Å². The molecule has 1 amide bonds. The summed E-state index contributed by atoms with van der Waals surface area (Å²) in [6, 6.07) is 7.22. The van der Waals surface area contributed by atoms with E-state index in [0.717, 1.165) is 0 Å². The van der Waals surface area contributed by atoms with Crippen molar-refractivity contribution in [3.63, 3.8) is 0 Å². The maximum Gasteiger partial charge on any atom is 0.254 e. The molecule has 2 aromatic rings. The third-order valence-corrected chi connectivity index (χ3v) is 5.83. The van der Waals surface area contributed by atoms with Gasteiger partial charge < -0.3 is 14.8 Å². The Morgan fingerprint density at radius 3 is 2.39 bits per heavy atom. The summed E-state index contributed by atoms with van der Waals surface area (Å²) in [5.41, 5.74) is 1.71.